The van der Waals surface area contributed by atoms with Gasteiger partial charge in [-0.25, -0.2) is 4.79 Å². The third-order valence-corrected chi connectivity index (χ3v) is 5.37. The van der Waals surface area contributed by atoms with Gasteiger partial charge in [-0.2, -0.15) is 5.26 Å². The number of amides is 2. The molecule has 0 saturated carbocycles. The van der Waals surface area contributed by atoms with Gasteiger partial charge in [0.15, 0.2) is 0 Å². The fourth-order valence-electron chi connectivity index (χ4n) is 2.76. The van der Waals surface area contributed by atoms with E-state index < -0.39 is 0 Å². The van der Waals surface area contributed by atoms with Crippen molar-refractivity contribution in [2.24, 2.45) is 5.92 Å². The van der Waals surface area contributed by atoms with Gasteiger partial charge in [0, 0.05) is 15.6 Å². The van der Waals surface area contributed by atoms with Crippen molar-refractivity contribution in [3.8, 4) is 6.07 Å². The highest BCUT2D eigenvalue weighted by molar-refractivity contribution is 7.16. The Balaban J connectivity index is 1.76. The standard InChI is InChI=1S/C17H16ClN3OS/c1-10-2-7-13-14(9-19)16(23-15(13)8-10)21-17(22)20-12-5-3-11(18)4-6-12/h3-6,10H,2,7-8H2,1H3,(H2,20,21,22)/t10-/m1/s1. The zero-order valence-corrected chi connectivity index (χ0v) is 14.2. The number of nitrogens with one attached hydrogen (secondary N) is 2. The molecule has 1 aromatic heterocycles. The summed E-state index contributed by atoms with van der Waals surface area (Å²) in [4.78, 5) is 13.4. The van der Waals surface area contributed by atoms with Crippen molar-refractivity contribution in [1.82, 2.24) is 0 Å². The van der Waals surface area contributed by atoms with E-state index in [0.29, 0.717) is 27.2 Å². The topological polar surface area (TPSA) is 64.9 Å². The molecule has 0 fully saturated rings. The van der Waals surface area contributed by atoms with Crippen LogP contribution in [-0.4, -0.2) is 6.03 Å². The third-order valence-electron chi connectivity index (χ3n) is 3.95. The van der Waals surface area contributed by atoms with Crippen LogP contribution in [0, 0.1) is 17.2 Å². The summed E-state index contributed by atoms with van der Waals surface area (Å²) < 4.78 is 0. The second-order valence-corrected chi connectivity index (χ2v) is 7.30. The number of nitrogens with zero attached hydrogens (tertiary/aromatic N) is 1. The summed E-state index contributed by atoms with van der Waals surface area (Å²) in [6.07, 6.45) is 2.99. The van der Waals surface area contributed by atoms with Crippen LogP contribution in [0.5, 0.6) is 0 Å². The number of urea groups is 1. The first-order valence-corrected chi connectivity index (χ1v) is 8.64. The third kappa shape index (κ3) is 3.49. The average molecular weight is 346 g/mol. The summed E-state index contributed by atoms with van der Waals surface area (Å²) in [7, 11) is 0. The Kier molecular flexibility index (Phi) is 4.56. The lowest BCUT2D eigenvalue weighted by atomic mass is 9.89. The molecule has 1 aromatic carbocycles. The predicted octanol–water partition coefficient (Wildman–Crippen LogP) is 5.04. The smallest absolute Gasteiger partial charge is 0.308 e. The van der Waals surface area contributed by atoms with Crippen molar-refractivity contribution in [1.29, 1.82) is 5.26 Å². The predicted molar refractivity (Wildman–Crippen MR) is 94.3 cm³/mol. The fraction of sp³-hybridized carbons (Fsp3) is 0.294. The van der Waals surface area contributed by atoms with Crippen molar-refractivity contribution in [3.63, 3.8) is 0 Å². The number of halogens is 1. The first-order chi connectivity index (χ1) is 11.1. The maximum atomic E-state index is 12.2. The highest BCUT2D eigenvalue weighted by Crippen LogP contribution is 2.39. The fourth-order valence-corrected chi connectivity index (χ4v) is 4.24. The van der Waals surface area contributed by atoms with Gasteiger partial charge < -0.3 is 5.32 Å². The molecule has 2 N–H and O–H groups in total. The zero-order chi connectivity index (χ0) is 16.4. The lowest BCUT2D eigenvalue weighted by Gasteiger charge is -2.17. The molecule has 6 heteroatoms. The molecule has 0 unspecified atom stereocenters. The lowest BCUT2D eigenvalue weighted by Crippen LogP contribution is -2.19. The van der Waals surface area contributed by atoms with E-state index in [2.05, 4.69) is 23.6 Å². The van der Waals surface area contributed by atoms with Crippen LogP contribution >= 0.6 is 22.9 Å². The Hall–Kier alpha value is -2.03. The minimum absolute atomic E-state index is 0.351. The van der Waals surface area contributed by atoms with Crippen LogP contribution in [0.15, 0.2) is 24.3 Å². The van der Waals surface area contributed by atoms with E-state index in [1.807, 2.05) is 0 Å². The molecule has 1 heterocycles. The van der Waals surface area contributed by atoms with Crippen molar-refractivity contribution in [3.05, 3.63) is 45.3 Å². The highest BCUT2D eigenvalue weighted by Gasteiger charge is 2.24. The SMILES string of the molecule is C[C@@H]1CCc2c(sc(NC(=O)Nc3ccc(Cl)cc3)c2C#N)C1. The molecule has 23 heavy (non-hydrogen) atoms. The first-order valence-electron chi connectivity index (χ1n) is 7.45. The number of nitriles is 1. The Morgan fingerprint density at radius 3 is 2.78 bits per heavy atom. The number of benzene rings is 1. The second kappa shape index (κ2) is 6.61. The number of rotatable bonds is 2. The van der Waals surface area contributed by atoms with E-state index >= 15 is 0 Å². The minimum Gasteiger partial charge on any atom is -0.308 e. The van der Waals surface area contributed by atoms with Gasteiger partial charge in [0.2, 0.25) is 0 Å². The molecule has 0 aliphatic heterocycles. The van der Waals surface area contributed by atoms with Gasteiger partial charge in [-0.05, 0) is 55.0 Å². The van der Waals surface area contributed by atoms with Crippen molar-refractivity contribution < 1.29 is 4.79 Å². The molecule has 0 saturated heterocycles. The summed E-state index contributed by atoms with van der Waals surface area (Å²) in [5.41, 5.74) is 2.38. The number of fused-ring (bicyclic) bond motifs is 1. The van der Waals surface area contributed by atoms with Crippen LogP contribution in [0.2, 0.25) is 5.02 Å². The lowest BCUT2D eigenvalue weighted by molar-refractivity contribution is 0.262. The number of carbonyl (C=O) groups excluding carboxylic acids is 1. The summed E-state index contributed by atoms with van der Waals surface area (Å²) in [6.45, 7) is 2.22. The van der Waals surface area contributed by atoms with Gasteiger partial charge >= 0.3 is 6.03 Å². The number of anilines is 2. The molecule has 118 valence electrons. The molecule has 1 aliphatic carbocycles. The normalized spacial score (nSPS) is 16.3. The Labute approximate surface area is 144 Å². The van der Waals surface area contributed by atoms with Crippen LogP contribution in [0.4, 0.5) is 15.5 Å². The van der Waals surface area contributed by atoms with Crippen LogP contribution in [0.25, 0.3) is 0 Å². The highest BCUT2D eigenvalue weighted by atomic mass is 35.5. The van der Waals surface area contributed by atoms with E-state index in [0.717, 1.165) is 24.8 Å². The van der Waals surface area contributed by atoms with Crippen LogP contribution in [0.1, 0.15) is 29.3 Å². The van der Waals surface area contributed by atoms with Crippen LogP contribution in [0.3, 0.4) is 0 Å². The summed E-state index contributed by atoms with van der Waals surface area (Å²) in [5.74, 6) is 0.628. The van der Waals surface area contributed by atoms with Crippen molar-refractivity contribution in [2.75, 3.05) is 10.6 Å². The summed E-state index contributed by atoms with van der Waals surface area (Å²) >= 11 is 7.34. The molecule has 1 atom stereocenters. The van der Waals surface area contributed by atoms with E-state index in [4.69, 9.17) is 11.6 Å². The van der Waals surface area contributed by atoms with Gasteiger partial charge in [0.25, 0.3) is 0 Å². The number of hydrogen-bond acceptors (Lipinski definition) is 3. The molecular formula is C17H16ClN3OS. The quantitative estimate of drug-likeness (QED) is 0.800. The Morgan fingerprint density at radius 2 is 2.09 bits per heavy atom. The van der Waals surface area contributed by atoms with E-state index in [-0.39, 0.29) is 6.03 Å². The summed E-state index contributed by atoms with van der Waals surface area (Å²) in [6, 6.07) is 8.78. The van der Waals surface area contributed by atoms with Crippen molar-refractivity contribution in [2.45, 2.75) is 26.2 Å². The number of hydrogen-bond donors (Lipinski definition) is 2. The van der Waals surface area contributed by atoms with Crippen LogP contribution in [-0.2, 0) is 12.8 Å². The number of carbonyl (C=O) groups is 1. The van der Waals surface area contributed by atoms with Crippen molar-refractivity contribution >= 4 is 39.7 Å². The van der Waals surface area contributed by atoms with Gasteiger partial charge in [-0.15, -0.1) is 11.3 Å². The molecule has 0 radical (unpaired) electrons. The zero-order valence-electron chi connectivity index (χ0n) is 12.6. The molecular weight excluding hydrogens is 330 g/mol. The Morgan fingerprint density at radius 1 is 1.35 bits per heavy atom. The van der Waals surface area contributed by atoms with Crippen LogP contribution < -0.4 is 10.6 Å². The molecule has 2 aromatic rings. The second-order valence-electron chi connectivity index (χ2n) is 5.75. The van der Waals surface area contributed by atoms with Gasteiger partial charge in [-0.1, -0.05) is 18.5 Å². The largest absolute Gasteiger partial charge is 0.324 e. The van der Waals surface area contributed by atoms with E-state index in [1.165, 1.54) is 16.2 Å². The van der Waals surface area contributed by atoms with Gasteiger partial charge in [0.1, 0.15) is 11.1 Å². The van der Waals surface area contributed by atoms with E-state index in [1.54, 1.807) is 24.3 Å². The Bertz CT molecular complexity index is 776. The average Bonchev–Trinajstić information content (AvgIpc) is 2.85. The maximum absolute atomic E-state index is 12.2. The summed E-state index contributed by atoms with van der Waals surface area (Å²) in [5, 5.41) is 16.2. The molecule has 0 spiro atoms. The minimum atomic E-state index is -0.351. The number of thiophene rings is 1. The van der Waals surface area contributed by atoms with Gasteiger partial charge in [-0.3, -0.25) is 5.32 Å². The molecule has 3 rings (SSSR count). The van der Waals surface area contributed by atoms with Gasteiger partial charge in [0.05, 0.1) is 5.56 Å². The first kappa shape index (κ1) is 15.9. The molecule has 2 amide bonds. The van der Waals surface area contributed by atoms with E-state index in [9.17, 15) is 10.1 Å². The maximum Gasteiger partial charge on any atom is 0.324 e. The molecule has 4 nitrogen and oxygen atoms in total. The molecule has 1 aliphatic rings. The molecule has 0 bridgehead atoms. The monoisotopic (exact) mass is 345 g/mol.